The topological polar surface area (TPSA) is 74.6 Å². The van der Waals surface area contributed by atoms with E-state index in [-0.39, 0.29) is 12.3 Å². The second-order valence-corrected chi connectivity index (χ2v) is 3.12. The van der Waals surface area contributed by atoms with Gasteiger partial charge in [0.15, 0.2) is 0 Å². The Balaban J connectivity index is 4.33. The summed E-state index contributed by atoms with van der Waals surface area (Å²) in [5, 5.41) is 17.3. The van der Waals surface area contributed by atoms with Crippen molar-refractivity contribution < 1.29 is 19.8 Å². The fourth-order valence-electron chi connectivity index (χ4n) is 1.50. The molecule has 0 aliphatic carbocycles. The normalized spacial score (nSPS) is 14.9. The van der Waals surface area contributed by atoms with Crippen molar-refractivity contribution in [1.29, 1.82) is 0 Å². The zero-order valence-corrected chi connectivity index (χ0v) is 7.99. The van der Waals surface area contributed by atoms with Crippen LogP contribution in [0.4, 0.5) is 0 Å². The Morgan fingerprint density at radius 1 is 1.15 bits per heavy atom. The predicted octanol–water partition coefficient (Wildman–Crippen LogP) is 1.60. The Morgan fingerprint density at radius 2 is 1.69 bits per heavy atom. The van der Waals surface area contributed by atoms with Gasteiger partial charge in [-0.15, -0.1) is 0 Å². The van der Waals surface area contributed by atoms with E-state index in [2.05, 4.69) is 0 Å². The molecular weight excluding hydrogens is 172 g/mol. The van der Waals surface area contributed by atoms with Crippen molar-refractivity contribution in [2.75, 3.05) is 0 Å². The number of carboxylic acids is 2. The minimum absolute atomic E-state index is 0.0543. The zero-order chi connectivity index (χ0) is 10.4. The molecule has 2 N–H and O–H groups in total. The summed E-state index contributed by atoms with van der Waals surface area (Å²) in [6.07, 6.45) is 1.03. The lowest BCUT2D eigenvalue weighted by atomic mass is 9.85. The molecule has 0 aromatic heterocycles. The van der Waals surface area contributed by atoms with Gasteiger partial charge in [0, 0.05) is 6.42 Å². The fraction of sp³-hybridized carbons (Fsp3) is 0.778. The largest absolute Gasteiger partial charge is 0.481 e. The lowest BCUT2D eigenvalue weighted by molar-refractivity contribution is -0.145. The third-order valence-electron chi connectivity index (χ3n) is 2.29. The van der Waals surface area contributed by atoms with Crippen molar-refractivity contribution in [2.24, 2.45) is 11.8 Å². The van der Waals surface area contributed by atoms with Gasteiger partial charge in [0.25, 0.3) is 0 Å². The lowest BCUT2D eigenvalue weighted by Gasteiger charge is -2.19. The van der Waals surface area contributed by atoms with Gasteiger partial charge in [-0.1, -0.05) is 20.3 Å². The predicted molar refractivity (Wildman–Crippen MR) is 47.5 cm³/mol. The van der Waals surface area contributed by atoms with Crippen molar-refractivity contribution in [3.63, 3.8) is 0 Å². The minimum Gasteiger partial charge on any atom is -0.481 e. The van der Waals surface area contributed by atoms with Crippen molar-refractivity contribution in [2.45, 2.75) is 33.1 Å². The number of carboxylic acid groups (broad SMARTS) is 2. The number of carbonyl (C=O) groups is 2. The first-order valence-corrected chi connectivity index (χ1v) is 4.47. The van der Waals surface area contributed by atoms with Crippen LogP contribution in [-0.2, 0) is 9.59 Å². The number of aliphatic carboxylic acids is 2. The van der Waals surface area contributed by atoms with E-state index in [1.807, 2.05) is 6.92 Å². The molecule has 0 bridgehead atoms. The molecule has 0 aromatic carbocycles. The summed E-state index contributed by atoms with van der Waals surface area (Å²) < 4.78 is 0. The standard InChI is InChI=1S/C9H16O4/c1-3-6(5-8(10)11)7(4-2)9(12)13/h6-7H,3-5H2,1-2H3,(H,10,11)(H,12,13). The highest BCUT2D eigenvalue weighted by Gasteiger charge is 2.26. The fourth-order valence-corrected chi connectivity index (χ4v) is 1.50. The van der Waals surface area contributed by atoms with E-state index in [1.165, 1.54) is 0 Å². The van der Waals surface area contributed by atoms with Crippen molar-refractivity contribution in [3.8, 4) is 0 Å². The molecule has 0 spiro atoms. The van der Waals surface area contributed by atoms with Crippen LogP contribution in [-0.4, -0.2) is 22.2 Å². The summed E-state index contributed by atoms with van der Waals surface area (Å²) in [4.78, 5) is 21.1. The van der Waals surface area contributed by atoms with Crippen LogP contribution in [0, 0.1) is 11.8 Å². The Hall–Kier alpha value is -1.06. The molecular formula is C9H16O4. The van der Waals surface area contributed by atoms with E-state index in [0.717, 1.165) is 0 Å². The van der Waals surface area contributed by atoms with Gasteiger partial charge in [-0.3, -0.25) is 9.59 Å². The molecule has 0 aromatic rings. The van der Waals surface area contributed by atoms with Crippen LogP contribution in [0.3, 0.4) is 0 Å². The Kier molecular flexibility index (Phi) is 5.11. The van der Waals surface area contributed by atoms with Gasteiger partial charge in [0.1, 0.15) is 0 Å². The van der Waals surface area contributed by atoms with Gasteiger partial charge in [-0.2, -0.15) is 0 Å². The van der Waals surface area contributed by atoms with Crippen LogP contribution in [0.15, 0.2) is 0 Å². The molecule has 0 rings (SSSR count). The molecule has 0 saturated carbocycles. The highest BCUT2D eigenvalue weighted by Crippen LogP contribution is 2.22. The van der Waals surface area contributed by atoms with E-state index in [4.69, 9.17) is 10.2 Å². The second kappa shape index (κ2) is 5.56. The highest BCUT2D eigenvalue weighted by molar-refractivity contribution is 5.72. The molecule has 0 aliphatic rings. The van der Waals surface area contributed by atoms with Crippen LogP contribution in [0.2, 0.25) is 0 Å². The summed E-state index contributed by atoms with van der Waals surface area (Å²) in [5.41, 5.74) is 0. The third kappa shape index (κ3) is 3.92. The maximum absolute atomic E-state index is 10.7. The molecule has 4 heteroatoms. The Labute approximate surface area is 77.6 Å². The van der Waals surface area contributed by atoms with E-state index in [9.17, 15) is 9.59 Å². The van der Waals surface area contributed by atoms with Crippen molar-refractivity contribution in [3.05, 3.63) is 0 Å². The summed E-state index contributed by atoms with van der Waals surface area (Å²) in [6, 6.07) is 0. The maximum atomic E-state index is 10.7. The summed E-state index contributed by atoms with van der Waals surface area (Å²) in [5.74, 6) is -2.59. The van der Waals surface area contributed by atoms with E-state index in [1.54, 1.807) is 6.92 Å². The molecule has 0 aliphatic heterocycles. The van der Waals surface area contributed by atoms with E-state index >= 15 is 0 Å². The van der Waals surface area contributed by atoms with Crippen molar-refractivity contribution >= 4 is 11.9 Å². The van der Waals surface area contributed by atoms with Crippen molar-refractivity contribution in [1.82, 2.24) is 0 Å². The maximum Gasteiger partial charge on any atom is 0.306 e. The molecule has 2 atom stereocenters. The molecule has 0 amide bonds. The number of rotatable bonds is 6. The molecule has 0 fully saturated rings. The molecule has 4 nitrogen and oxygen atoms in total. The Bertz CT molecular complexity index is 188. The highest BCUT2D eigenvalue weighted by atomic mass is 16.4. The molecule has 0 heterocycles. The van der Waals surface area contributed by atoms with Gasteiger partial charge in [0.2, 0.25) is 0 Å². The molecule has 76 valence electrons. The molecule has 2 unspecified atom stereocenters. The quantitative estimate of drug-likeness (QED) is 0.663. The first-order valence-electron chi connectivity index (χ1n) is 4.47. The van der Waals surface area contributed by atoms with Gasteiger partial charge < -0.3 is 10.2 Å². The first-order chi connectivity index (χ1) is 6.02. The number of hydrogen-bond acceptors (Lipinski definition) is 2. The van der Waals surface area contributed by atoms with Gasteiger partial charge >= 0.3 is 11.9 Å². The van der Waals surface area contributed by atoms with Crippen LogP contribution >= 0.6 is 0 Å². The second-order valence-electron chi connectivity index (χ2n) is 3.12. The monoisotopic (exact) mass is 188 g/mol. The molecule has 13 heavy (non-hydrogen) atoms. The summed E-state index contributed by atoms with van der Waals surface area (Å²) in [6.45, 7) is 3.59. The van der Waals surface area contributed by atoms with E-state index < -0.39 is 17.9 Å². The minimum atomic E-state index is -0.924. The van der Waals surface area contributed by atoms with Gasteiger partial charge in [-0.05, 0) is 12.3 Å². The first kappa shape index (κ1) is 11.9. The average Bonchev–Trinajstić information content (AvgIpc) is 2.02. The SMILES string of the molecule is CCC(CC(=O)O)C(CC)C(=O)O. The third-order valence-corrected chi connectivity index (χ3v) is 2.29. The lowest BCUT2D eigenvalue weighted by Crippen LogP contribution is -2.24. The summed E-state index contributed by atoms with van der Waals surface area (Å²) >= 11 is 0. The molecule has 0 saturated heterocycles. The Morgan fingerprint density at radius 3 is 1.92 bits per heavy atom. The van der Waals surface area contributed by atoms with E-state index in [0.29, 0.717) is 12.8 Å². The molecule has 0 radical (unpaired) electrons. The summed E-state index contributed by atoms with van der Waals surface area (Å²) in [7, 11) is 0. The van der Waals surface area contributed by atoms with Gasteiger partial charge in [0.05, 0.1) is 5.92 Å². The van der Waals surface area contributed by atoms with Crippen LogP contribution in [0.25, 0.3) is 0 Å². The van der Waals surface area contributed by atoms with Crippen LogP contribution in [0.5, 0.6) is 0 Å². The number of hydrogen-bond donors (Lipinski definition) is 2. The smallest absolute Gasteiger partial charge is 0.306 e. The van der Waals surface area contributed by atoms with Gasteiger partial charge in [-0.25, -0.2) is 0 Å². The van der Waals surface area contributed by atoms with Crippen LogP contribution in [0.1, 0.15) is 33.1 Å². The van der Waals surface area contributed by atoms with Crippen LogP contribution < -0.4 is 0 Å². The average molecular weight is 188 g/mol. The zero-order valence-electron chi connectivity index (χ0n) is 7.99.